The van der Waals surface area contributed by atoms with E-state index in [9.17, 15) is 9.90 Å². The summed E-state index contributed by atoms with van der Waals surface area (Å²) >= 11 is 1.53. The van der Waals surface area contributed by atoms with Gasteiger partial charge < -0.3 is 10.4 Å². The molecule has 0 aliphatic carbocycles. The van der Waals surface area contributed by atoms with E-state index in [4.69, 9.17) is 0 Å². The molecule has 1 unspecified atom stereocenters. The SMILES string of the molecule is CC(NC(=O)c1ccc(CCC(C)(C)O)cc1)c1nccs1. The number of aryl methyl sites for hydroxylation is 1. The van der Waals surface area contributed by atoms with Crippen LogP contribution in [0.1, 0.15) is 54.2 Å². The van der Waals surface area contributed by atoms with Crippen molar-refractivity contribution in [3.05, 3.63) is 52.0 Å². The van der Waals surface area contributed by atoms with E-state index < -0.39 is 5.60 Å². The smallest absolute Gasteiger partial charge is 0.251 e. The van der Waals surface area contributed by atoms with E-state index in [1.54, 1.807) is 20.0 Å². The first kappa shape index (κ1) is 16.6. The van der Waals surface area contributed by atoms with Crippen molar-refractivity contribution < 1.29 is 9.90 Å². The van der Waals surface area contributed by atoms with Crippen molar-refractivity contribution in [2.75, 3.05) is 0 Å². The number of carbonyl (C=O) groups is 1. The van der Waals surface area contributed by atoms with Crippen molar-refractivity contribution in [2.45, 2.75) is 45.3 Å². The zero-order valence-corrected chi connectivity index (χ0v) is 14.0. The molecule has 1 aromatic heterocycles. The Morgan fingerprint density at radius 2 is 2.05 bits per heavy atom. The van der Waals surface area contributed by atoms with Crippen LogP contribution in [0.5, 0.6) is 0 Å². The predicted octanol–water partition coefficient (Wildman–Crippen LogP) is 3.34. The molecule has 1 aromatic carbocycles. The van der Waals surface area contributed by atoms with Crippen LogP contribution in [0.15, 0.2) is 35.8 Å². The van der Waals surface area contributed by atoms with Crippen LogP contribution in [-0.2, 0) is 6.42 Å². The van der Waals surface area contributed by atoms with E-state index in [1.165, 1.54) is 11.3 Å². The van der Waals surface area contributed by atoms with Gasteiger partial charge >= 0.3 is 0 Å². The molecule has 2 N–H and O–H groups in total. The van der Waals surface area contributed by atoms with Gasteiger partial charge in [-0.25, -0.2) is 4.98 Å². The lowest BCUT2D eigenvalue weighted by atomic mass is 9.98. The summed E-state index contributed by atoms with van der Waals surface area (Å²) in [6.45, 7) is 5.53. The highest BCUT2D eigenvalue weighted by Crippen LogP contribution is 2.17. The highest BCUT2D eigenvalue weighted by Gasteiger charge is 2.14. The molecule has 1 atom stereocenters. The van der Waals surface area contributed by atoms with Crippen molar-refractivity contribution in [1.29, 1.82) is 0 Å². The molecule has 0 aliphatic rings. The maximum atomic E-state index is 12.2. The van der Waals surface area contributed by atoms with E-state index in [-0.39, 0.29) is 11.9 Å². The van der Waals surface area contributed by atoms with Gasteiger partial charge in [0.05, 0.1) is 11.6 Å². The number of aliphatic hydroxyl groups is 1. The molecule has 5 heteroatoms. The van der Waals surface area contributed by atoms with Gasteiger partial charge in [-0.15, -0.1) is 11.3 Å². The average molecular weight is 318 g/mol. The van der Waals surface area contributed by atoms with Crippen LogP contribution >= 0.6 is 11.3 Å². The van der Waals surface area contributed by atoms with Crippen molar-refractivity contribution in [3.8, 4) is 0 Å². The number of aromatic nitrogens is 1. The Hall–Kier alpha value is -1.72. The maximum absolute atomic E-state index is 12.2. The van der Waals surface area contributed by atoms with Gasteiger partial charge in [0.2, 0.25) is 0 Å². The fraction of sp³-hybridized carbons (Fsp3) is 0.412. The number of carbonyl (C=O) groups excluding carboxylic acids is 1. The number of thiazole rings is 1. The van der Waals surface area contributed by atoms with Crippen molar-refractivity contribution in [1.82, 2.24) is 10.3 Å². The third-order valence-electron chi connectivity index (χ3n) is 3.41. The molecule has 0 bridgehead atoms. The summed E-state index contributed by atoms with van der Waals surface area (Å²) in [7, 11) is 0. The molecule has 22 heavy (non-hydrogen) atoms. The molecule has 0 fully saturated rings. The van der Waals surface area contributed by atoms with Crippen LogP contribution in [0.25, 0.3) is 0 Å². The molecule has 1 heterocycles. The number of nitrogens with zero attached hydrogens (tertiary/aromatic N) is 1. The minimum atomic E-state index is -0.667. The third-order valence-corrected chi connectivity index (χ3v) is 4.37. The summed E-state index contributed by atoms with van der Waals surface area (Å²) in [6.07, 6.45) is 3.22. The van der Waals surface area contributed by atoms with E-state index >= 15 is 0 Å². The molecule has 4 nitrogen and oxygen atoms in total. The van der Waals surface area contributed by atoms with Crippen molar-refractivity contribution in [2.24, 2.45) is 0 Å². The second-order valence-corrected chi connectivity index (χ2v) is 7.00. The highest BCUT2D eigenvalue weighted by atomic mass is 32.1. The Bertz CT molecular complexity index is 601. The monoisotopic (exact) mass is 318 g/mol. The number of rotatable bonds is 6. The Morgan fingerprint density at radius 1 is 1.36 bits per heavy atom. The molecular weight excluding hydrogens is 296 g/mol. The zero-order valence-electron chi connectivity index (χ0n) is 13.2. The van der Waals surface area contributed by atoms with Crippen LogP contribution in [0.3, 0.4) is 0 Å². The van der Waals surface area contributed by atoms with E-state index in [2.05, 4.69) is 10.3 Å². The number of hydrogen-bond acceptors (Lipinski definition) is 4. The van der Waals surface area contributed by atoms with E-state index in [0.29, 0.717) is 12.0 Å². The first-order chi connectivity index (χ1) is 10.3. The molecule has 2 aromatic rings. The van der Waals surface area contributed by atoms with Gasteiger partial charge in [0, 0.05) is 17.1 Å². The number of benzene rings is 1. The Balaban J connectivity index is 1.93. The van der Waals surface area contributed by atoms with Crippen molar-refractivity contribution in [3.63, 3.8) is 0 Å². The lowest BCUT2D eigenvalue weighted by molar-refractivity contribution is 0.0713. The number of hydrogen-bond donors (Lipinski definition) is 2. The fourth-order valence-corrected chi connectivity index (χ4v) is 2.71. The molecule has 0 aliphatic heterocycles. The number of amides is 1. The first-order valence-electron chi connectivity index (χ1n) is 7.37. The molecule has 0 saturated heterocycles. The minimum Gasteiger partial charge on any atom is -0.390 e. The van der Waals surface area contributed by atoms with Crippen LogP contribution in [-0.4, -0.2) is 21.6 Å². The van der Waals surface area contributed by atoms with Crippen LogP contribution < -0.4 is 5.32 Å². The van der Waals surface area contributed by atoms with Crippen LogP contribution in [0, 0.1) is 0 Å². The van der Waals surface area contributed by atoms with Gasteiger partial charge in [-0.3, -0.25) is 4.79 Å². The minimum absolute atomic E-state index is 0.0950. The van der Waals surface area contributed by atoms with Gasteiger partial charge in [-0.1, -0.05) is 12.1 Å². The topological polar surface area (TPSA) is 62.2 Å². The molecule has 0 saturated carbocycles. The Labute approximate surface area is 135 Å². The quantitative estimate of drug-likeness (QED) is 0.858. The van der Waals surface area contributed by atoms with Gasteiger partial charge in [0.1, 0.15) is 5.01 Å². The van der Waals surface area contributed by atoms with Crippen LogP contribution in [0.2, 0.25) is 0 Å². The Morgan fingerprint density at radius 3 is 2.59 bits per heavy atom. The largest absolute Gasteiger partial charge is 0.390 e. The van der Waals surface area contributed by atoms with Gasteiger partial charge in [0.25, 0.3) is 5.91 Å². The van der Waals surface area contributed by atoms with Gasteiger partial charge in [-0.05, 0) is 51.3 Å². The summed E-state index contributed by atoms with van der Waals surface area (Å²) in [5.74, 6) is -0.100. The third kappa shape index (κ3) is 4.93. The number of nitrogens with one attached hydrogen (secondary N) is 1. The Kier molecular flexibility index (Phi) is 5.32. The predicted molar refractivity (Wildman–Crippen MR) is 89.1 cm³/mol. The van der Waals surface area contributed by atoms with E-state index in [0.717, 1.165) is 17.0 Å². The summed E-state index contributed by atoms with van der Waals surface area (Å²) in [5, 5.41) is 15.5. The molecule has 2 rings (SSSR count). The van der Waals surface area contributed by atoms with Crippen LogP contribution in [0.4, 0.5) is 0 Å². The second-order valence-electron chi connectivity index (χ2n) is 6.07. The molecule has 0 spiro atoms. The normalized spacial score (nSPS) is 12.9. The lowest BCUT2D eigenvalue weighted by Crippen LogP contribution is -2.26. The highest BCUT2D eigenvalue weighted by molar-refractivity contribution is 7.09. The van der Waals surface area contributed by atoms with Gasteiger partial charge in [-0.2, -0.15) is 0 Å². The second kappa shape index (κ2) is 7.03. The maximum Gasteiger partial charge on any atom is 0.251 e. The first-order valence-corrected chi connectivity index (χ1v) is 8.25. The lowest BCUT2D eigenvalue weighted by Gasteiger charge is -2.16. The summed E-state index contributed by atoms with van der Waals surface area (Å²) in [4.78, 5) is 16.4. The van der Waals surface area contributed by atoms with Crippen molar-refractivity contribution >= 4 is 17.2 Å². The summed E-state index contributed by atoms with van der Waals surface area (Å²) < 4.78 is 0. The molecule has 1 amide bonds. The molecule has 0 radical (unpaired) electrons. The zero-order chi connectivity index (χ0) is 16.2. The molecule has 118 valence electrons. The van der Waals surface area contributed by atoms with E-state index in [1.807, 2.05) is 36.6 Å². The standard InChI is InChI=1S/C17H22N2O2S/c1-12(16-18-10-11-22-16)19-15(20)14-6-4-13(5-7-14)8-9-17(2,3)21/h4-7,10-12,21H,8-9H2,1-3H3,(H,19,20). The fourth-order valence-electron chi connectivity index (χ4n) is 2.06. The summed E-state index contributed by atoms with van der Waals surface area (Å²) in [5.41, 5.74) is 1.08. The molecular formula is C17H22N2O2S. The average Bonchev–Trinajstić information content (AvgIpc) is 2.99. The van der Waals surface area contributed by atoms with Gasteiger partial charge in [0.15, 0.2) is 0 Å². The summed E-state index contributed by atoms with van der Waals surface area (Å²) in [6, 6.07) is 7.43.